The summed E-state index contributed by atoms with van der Waals surface area (Å²) < 4.78 is 26.3. The monoisotopic (exact) mass is 268 g/mol. The largest absolute Gasteiger partial charge is 0.343 e. The van der Waals surface area contributed by atoms with Crippen molar-refractivity contribution in [3.8, 4) is 0 Å². The van der Waals surface area contributed by atoms with Crippen molar-refractivity contribution in [2.24, 2.45) is 0 Å². The van der Waals surface area contributed by atoms with Crippen LogP contribution in [0.5, 0.6) is 0 Å². The first-order valence-electron chi connectivity index (χ1n) is 6.59. The third-order valence-corrected chi connectivity index (χ3v) is 3.30. The molecule has 1 saturated heterocycles. The van der Waals surface area contributed by atoms with E-state index in [1.165, 1.54) is 6.07 Å². The number of amides is 1. The van der Waals surface area contributed by atoms with E-state index in [1.54, 1.807) is 0 Å². The van der Waals surface area contributed by atoms with Crippen molar-refractivity contribution in [1.82, 2.24) is 10.2 Å². The Hall–Kier alpha value is -1.49. The number of carbonyl (C=O) groups is 1. The lowest BCUT2D eigenvalue weighted by Gasteiger charge is -2.15. The molecule has 0 aromatic heterocycles. The van der Waals surface area contributed by atoms with Gasteiger partial charge in [-0.05, 0) is 31.0 Å². The molecule has 1 aliphatic heterocycles. The van der Waals surface area contributed by atoms with Crippen LogP contribution in [-0.4, -0.2) is 30.4 Å². The van der Waals surface area contributed by atoms with E-state index in [1.807, 2.05) is 4.90 Å². The Balaban J connectivity index is 1.71. The molecule has 1 heterocycles. The van der Waals surface area contributed by atoms with E-state index >= 15 is 0 Å². The molecule has 1 N–H and O–H groups in total. The maximum Gasteiger partial charge on any atom is 0.223 e. The van der Waals surface area contributed by atoms with Crippen LogP contribution in [0.15, 0.2) is 18.2 Å². The van der Waals surface area contributed by atoms with Gasteiger partial charge in [-0.25, -0.2) is 8.78 Å². The molecular formula is C14H18F2N2O. The third kappa shape index (κ3) is 3.99. The maximum atomic E-state index is 13.3. The topological polar surface area (TPSA) is 32.3 Å². The van der Waals surface area contributed by atoms with Crippen LogP contribution in [0.2, 0.25) is 0 Å². The standard InChI is InChI=1S/C14H18F2N2O/c15-12-3-4-13(16)11(9-12)10-17-6-5-14(19)18-7-1-2-8-18/h3-4,9,17H,1-2,5-8,10H2. The van der Waals surface area contributed by atoms with Crippen molar-refractivity contribution in [3.05, 3.63) is 35.4 Å². The molecule has 0 unspecified atom stereocenters. The van der Waals surface area contributed by atoms with Crippen molar-refractivity contribution in [2.45, 2.75) is 25.8 Å². The maximum absolute atomic E-state index is 13.3. The number of halogens is 2. The molecule has 2 rings (SSSR count). The van der Waals surface area contributed by atoms with Gasteiger partial charge in [0.2, 0.25) is 5.91 Å². The Morgan fingerprint density at radius 3 is 2.74 bits per heavy atom. The highest BCUT2D eigenvalue weighted by Crippen LogP contribution is 2.10. The van der Waals surface area contributed by atoms with E-state index in [-0.39, 0.29) is 18.0 Å². The normalized spacial score (nSPS) is 14.9. The average molecular weight is 268 g/mol. The van der Waals surface area contributed by atoms with Crippen LogP contribution in [-0.2, 0) is 11.3 Å². The molecule has 3 nitrogen and oxygen atoms in total. The molecule has 0 radical (unpaired) electrons. The van der Waals surface area contributed by atoms with Gasteiger partial charge in [-0.2, -0.15) is 0 Å². The molecule has 0 atom stereocenters. The molecule has 104 valence electrons. The minimum absolute atomic E-state index is 0.129. The summed E-state index contributed by atoms with van der Waals surface area (Å²) in [4.78, 5) is 13.6. The number of carbonyl (C=O) groups excluding carboxylic acids is 1. The van der Waals surface area contributed by atoms with Gasteiger partial charge in [-0.1, -0.05) is 0 Å². The van der Waals surface area contributed by atoms with Crippen LogP contribution < -0.4 is 5.32 Å². The molecule has 1 aromatic carbocycles. The van der Waals surface area contributed by atoms with Crippen molar-refractivity contribution in [1.29, 1.82) is 0 Å². The number of nitrogens with zero attached hydrogens (tertiary/aromatic N) is 1. The van der Waals surface area contributed by atoms with Crippen LogP contribution in [0, 0.1) is 11.6 Å². The Morgan fingerprint density at radius 2 is 2.00 bits per heavy atom. The van der Waals surface area contributed by atoms with Gasteiger partial charge in [0, 0.05) is 38.2 Å². The zero-order valence-corrected chi connectivity index (χ0v) is 10.8. The lowest BCUT2D eigenvalue weighted by molar-refractivity contribution is -0.130. The molecule has 1 amide bonds. The second-order valence-electron chi connectivity index (χ2n) is 4.75. The van der Waals surface area contributed by atoms with E-state index in [2.05, 4.69) is 5.32 Å². The smallest absolute Gasteiger partial charge is 0.223 e. The molecule has 5 heteroatoms. The Bertz CT molecular complexity index is 445. The van der Waals surface area contributed by atoms with E-state index in [0.29, 0.717) is 13.0 Å². The third-order valence-electron chi connectivity index (χ3n) is 3.30. The van der Waals surface area contributed by atoms with E-state index in [4.69, 9.17) is 0 Å². The Morgan fingerprint density at radius 1 is 1.26 bits per heavy atom. The van der Waals surface area contributed by atoms with Crippen molar-refractivity contribution >= 4 is 5.91 Å². The highest BCUT2D eigenvalue weighted by atomic mass is 19.1. The molecule has 1 aliphatic rings. The van der Waals surface area contributed by atoms with Gasteiger partial charge in [0.05, 0.1) is 0 Å². The van der Waals surface area contributed by atoms with Gasteiger partial charge in [0.25, 0.3) is 0 Å². The minimum atomic E-state index is -0.452. The summed E-state index contributed by atoms with van der Waals surface area (Å²) in [6, 6.07) is 3.38. The highest BCUT2D eigenvalue weighted by molar-refractivity contribution is 5.76. The quantitative estimate of drug-likeness (QED) is 0.829. The number of hydrogen-bond donors (Lipinski definition) is 1. The zero-order valence-electron chi connectivity index (χ0n) is 10.8. The first kappa shape index (κ1) is 13.9. The van der Waals surface area contributed by atoms with E-state index in [9.17, 15) is 13.6 Å². The fraction of sp³-hybridized carbons (Fsp3) is 0.500. The summed E-state index contributed by atoms with van der Waals surface area (Å²) in [7, 11) is 0. The number of benzene rings is 1. The van der Waals surface area contributed by atoms with Crippen LogP contribution in [0.3, 0.4) is 0 Å². The first-order chi connectivity index (χ1) is 9.16. The highest BCUT2D eigenvalue weighted by Gasteiger charge is 2.16. The Labute approximate surface area is 111 Å². The summed E-state index contributed by atoms with van der Waals surface area (Å²) in [5.74, 6) is -0.754. The van der Waals surface area contributed by atoms with Gasteiger partial charge in [0.1, 0.15) is 11.6 Å². The first-order valence-corrected chi connectivity index (χ1v) is 6.59. The summed E-state index contributed by atoms with van der Waals surface area (Å²) in [6.07, 6.45) is 2.55. The molecule has 0 bridgehead atoms. The molecule has 1 aromatic rings. The number of rotatable bonds is 5. The predicted octanol–water partition coefficient (Wildman–Crippen LogP) is 2.07. The zero-order chi connectivity index (χ0) is 13.7. The van der Waals surface area contributed by atoms with Gasteiger partial charge in [0.15, 0.2) is 0 Å². The molecule has 0 spiro atoms. The van der Waals surface area contributed by atoms with Crippen molar-refractivity contribution < 1.29 is 13.6 Å². The van der Waals surface area contributed by atoms with Crippen LogP contribution in [0.1, 0.15) is 24.8 Å². The summed E-state index contributed by atoms with van der Waals surface area (Å²) >= 11 is 0. The van der Waals surface area contributed by atoms with Gasteiger partial charge in [-0.15, -0.1) is 0 Å². The van der Waals surface area contributed by atoms with Crippen molar-refractivity contribution in [3.63, 3.8) is 0 Å². The predicted molar refractivity (Wildman–Crippen MR) is 68.5 cm³/mol. The average Bonchev–Trinajstić information content (AvgIpc) is 2.92. The molecule has 19 heavy (non-hydrogen) atoms. The molecular weight excluding hydrogens is 250 g/mol. The lowest BCUT2D eigenvalue weighted by Crippen LogP contribution is -2.30. The SMILES string of the molecule is O=C(CCNCc1cc(F)ccc1F)N1CCCC1. The second kappa shape index (κ2) is 6.61. The molecule has 0 aliphatic carbocycles. The van der Waals surface area contributed by atoms with Crippen LogP contribution >= 0.6 is 0 Å². The van der Waals surface area contributed by atoms with E-state index in [0.717, 1.165) is 38.1 Å². The lowest BCUT2D eigenvalue weighted by atomic mass is 10.2. The fourth-order valence-electron chi connectivity index (χ4n) is 2.22. The Kier molecular flexibility index (Phi) is 4.85. The molecule has 1 fully saturated rings. The summed E-state index contributed by atoms with van der Waals surface area (Å²) in [5, 5.41) is 2.97. The van der Waals surface area contributed by atoms with Crippen LogP contribution in [0.4, 0.5) is 8.78 Å². The van der Waals surface area contributed by atoms with Gasteiger partial charge >= 0.3 is 0 Å². The number of nitrogens with one attached hydrogen (secondary N) is 1. The fourth-order valence-corrected chi connectivity index (χ4v) is 2.22. The number of hydrogen-bond acceptors (Lipinski definition) is 2. The molecule has 0 saturated carbocycles. The van der Waals surface area contributed by atoms with Gasteiger partial charge < -0.3 is 10.2 Å². The van der Waals surface area contributed by atoms with Crippen molar-refractivity contribution in [2.75, 3.05) is 19.6 Å². The van der Waals surface area contributed by atoms with Gasteiger partial charge in [-0.3, -0.25) is 4.79 Å². The number of likely N-dealkylation sites (tertiary alicyclic amines) is 1. The van der Waals surface area contributed by atoms with E-state index < -0.39 is 11.6 Å². The van der Waals surface area contributed by atoms with Crippen LogP contribution in [0.25, 0.3) is 0 Å². The summed E-state index contributed by atoms with van der Waals surface area (Å²) in [5.41, 5.74) is 0.286. The summed E-state index contributed by atoms with van der Waals surface area (Å²) in [6.45, 7) is 2.40. The minimum Gasteiger partial charge on any atom is -0.343 e. The second-order valence-corrected chi connectivity index (χ2v) is 4.75.